The Kier molecular flexibility index (Phi) is 6.19. The minimum atomic E-state index is -0.142. The molecule has 3 aliphatic rings. The van der Waals surface area contributed by atoms with Crippen LogP contribution in [0.1, 0.15) is 53.3 Å². The van der Waals surface area contributed by atoms with E-state index in [9.17, 15) is 9.59 Å². The van der Waals surface area contributed by atoms with Gasteiger partial charge < -0.3 is 25.8 Å². The van der Waals surface area contributed by atoms with Gasteiger partial charge in [0.2, 0.25) is 5.91 Å². The van der Waals surface area contributed by atoms with Crippen molar-refractivity contribution in [3.63, 3.8) is 0 Å². The molecule has 0 aliphatic carbocycles. The number of nitrogens with zero attached hydrogens (tertiary/aromatic N) is 6. The van der Waals surface area contributed by atoms with Gasteiger partial charge in [0.25, 0.3) is 5.91 Å². The van der Waals surface area contributed by atoms with Gasteiger partial charge in [-0.1, -0.05) is 18.2 Å². The molecule has 2 aromatic heterocycles. The van der Waals surface area contributed by atoms with E-state index in [-0.39, 0.29) is 30.3 Å². The van der Waals surface area contributed by atoms with Gasteiger partial charge >= 0.3 is 0 Å². The number of aromatic nitrogens is 3. The maximum absolute atomic E-state index is 13.9. The topological polar surface area (TPSA) is 112 Å². The summed E-state index contributed by atoms with van der Waals surface area (Å²) in [6.07, 6.45) is 3.94. The smallest absolute Gasteiger partial charge is 0.254 e. The van der Waals surface area contributed by atoms with Crippen LogP contribution >= 0.6 is 0 Å². The maximum atomic E-state index is 13.9. The minimum absolute atomic E-state index is 0.0444. The molecule has 2 bridgehead atoms. The molecule has 2 amide bonds. The summed E-state index contributed by atoms with van der Waals surface area (Å²) in [6, 6.07) is 11.6. The molecule has 3 aliphatic heterocycles. The molecule has 5 heterocycles. The Morgan fingerprint density at radius 2 is 1.92 bits per heavy atom. The van der Waals surface area contributed by atoms with E-state index in [1.54, 1.807) is 0 Å². The maximum Gasteiger partial charge on any atom is 0.254 e. The van der Waals surface area contributed by atoms with E-state index in [0.29, 0.717) is 25.2 Å². The van der Waals surface area contributed by atoms with Gasteiger partial charge in [0.05, 0.1) is 18.2 Å². The number of nitrogens with two attached hydrogens (primary N) is 1. The molecule has 0 spiro atoms. The van der Waals surface area contributed by atoms with Gasteiger partial charge in [0, 0.05) is 63.5 Å². The second-order valence-electron chi connectivity index (χ2n) is 10.4. The highest BCUT2D eigenvalue weighted by Gasteiger charge is 2.32. The molecule has 2 unspecified atom stereocenters. The molecule has 37 heavy (non-hydrogen) atoms. The van der Waals surface area contributed by atoms with Crippen molar-refractivity contribution in [1.82, 2.24) is 24.8 Å². The number of rotatable bonds is 1. The van der Waals surface area contributed by atoms with E-state index < -0.39 is 0 Å². The number of piperidine rings is 1. The molecule has 194 valence electrons. The van der Waals surface area contributed by atoms with Crippen molar-refractivity contribution in [3.05, 3.63) is 53.2 Å². The first-order valence-electron chi connectivity index (χ1n) is 13.3. The highest BCUT2D eigenvalue weighted by molar-refractivity contribution is 5.97. The lowest BCUT2D eigenvalue weighted by Crippen LogP contribution is -2.39. The normalized spacial score (nSPS) is 23.0. The largest absolute Gasteiger partial charge is 0.358 e. The van der Waals surface area contributed by atoms with E-state index in [1.165, 1.54) is 0 Å². The number of nitrogens with one attached hydrogen (secondary N) is 1. The van der Waals surface area contributed by atoms with E-state index in [1.807, 2.05) is 46.8 Å². The van der Waals surface area contributed by atoms with E-state index in [2.05, 4.69) is 21.2 Å². The molecule has 6 rings (SSSR count). The number of amides is 2. The molecule has 3 aromatic rings. The second kappa shape index (κ2) is 9.66. The fraction of sp³-hybridized carbons (Fsp3) is 0.481. The molecule has 10 heteroatoms. The SMILES string of the molecule is CN1CCNC(=O)Cc2ccccc2C(=O)N2CCCCC2c2cc3nc(N4CCC(N)C4)cc1n3n2. The van der Waals surface area contributed by atoms with Crippen LogP contribution in [0.5, 0.6) is 0 Å². The zero-order valence-electron chi connectivity index (χ0n) is 21.3. The van der Waals surface area contributed by atoms with Gasteiger partial charge in [-0.3, -0.25) is 9.59 Å². The van der Waals surface area contributed by atoms with Gasteiger partial charge in [0.1, 0.15) is 11.6 Å². The summed E-state index contributed by atoms with van der Waals surface area (Å²) in [4.78, 5) is 37.9. The molecular formula is C27H34N8O2. The van der Waals surface area contributed by atoms with Crippen LogP contribution in [0.25, 0.3) is 5.65 Å². The summed E-state index contributed by atoms with van der Waals surface area (Å²) < 4.78 is 1.88. The molecule has 3 N–H and O–H groups in total. The Balaban J connectivity index is 1.47. The highest BCUT2D eigenvalue weighted by Crippen LogP contribution is 2.34. The van der Waals surface area contributed by atoms with Crippen molar-refractivity contribution >= 4 is 29.1 Å². The molecule has 2 saturated heterocycles. The predicted molar refractivity (Wildman–Crippen MR) is 142 cm³/mol. The lowest BCUT2D eigenvalue weighted by molar-refractivity contribution is -0.120. The molecule has 10 nitrogen and oxygen atoms in total. The average molecular weight is 503 g/mol. The molecular weight excluding hydrogens is 468 g/mol. The first-order valence-corrected chi connectivity index (χ1v) is 13.3. The zero-order valence-corrected chi connectivity index (χ0v) is 21.3. The summed E-state index contributed by atoms with van der Waals surface area (Å²) in [6.45, 7) is 3.38. The molecule has 2 atom stereocenters. The van der Waals surface area contributed by atoms with Crippen molar-refractivity contribution in [1.29, 1.82) is 0 Å². The van der Waals surface area contributed by atoms with Crippen LogP contribution in [-0.2, 0) is 11.2 Å². The monoisotopic (exact) mass is 502 g/mol. The first kappa shape index (κ1) is 23.7. The van der Waals surface area contributed by atoms with Gasteiger partial charge in [-0.25, -0.2) is 4.98 Å². The first-order chi connectivity index (χ1) is 18.0. The number of hydrogen-bond donors (Lipinski definition) is 2. The van der Waals surface area contributed by atoms with Crippen LogP contribution in [0, 0.1) is 0 Å². The van der Waals surface area contributed by atoms with Crippen LogP contribution in [0.15, 0.2) is 36.4 Å². The number of likely N-dealkylation sites (N-methyl/N-ethyl adjacent to an activating group) is 1. The van der Waals surface area contributed by atoms with Crippen LogP contribution in [0.2, 0.25) is 0 Å². The van der Waals surface area contributed by atoms with Gasteiger partial charge in [-0.05, 0) is 37.3 Å². The highest BCUT2D eigenvalue weighted by atomic mass is 16.2. The second-order valence-corrected chi connectivity index (χ2v) is 10.4. The predicted octanol–water partition coefficient (Wildman–Crippen LogP) is 1.74. The van der Waals surface area contributed by atoms with Crippen LogP contribution in [0.4, 0.5) is 11.6 Å². The summed E-state index contributed by atoms with van der Waals surface area (Å²) in [5.74, 6) is 1.64. The van der Waals surface area contributed by atoms with Crippen molar-refractivity contribution < 1.29 is 9.59 Å². The Bertz CT molecular complexity index is 1340. The van der Waals surface area contributed by atoms with Crippen LogP contribution < -0.4 is 20.9 Å². The lowest BCUT2D eigenvalue weighted by atomic mass is 9.96. The summed E-state index contributed by atoms with van der Waals surface area (Å²) in [5, 5.41) is 8.04. The number of fused-ring (bicyclic) bond motifs is 4. The third kappa shape index (κ3) is 4.50. The Morgan fingerprint density at radius 1 is 1.05 bits per heavy atom. The van der Waals surface area contributed by atoms with Crippen molar-refractivity contribution in [2.45, 2.75) is 44.2 Å². The third-order valence-corrected chi connectivity index (χ3v) is 7.83. The number of hydrogen-bond acceptors (Lipinski definition) is 7. The van der Waals surface area contributed by atoms with Gasteiger partial charge in [-0.2, -0.15) is 9.61 Å². The van der Waals surface area contributed by atoms with E-state index in [0.717, 1.165) is 67.3 Å². The van der Waals surface area contributed by atoms with Gasteiger partial charge in [0.15, 0.2) is 5.65 Å². The van der Waals surface area contributed by atoms with Crippen LogP contribution in [0.3, 0.4) is 0 Å². The number of carbonyl (C=O) groups excluding carboxylic acids is 2. The van der Waals surface area contributed by atoms with E-state index >= 15 is 0 Å². The molecule has 1 aromatic carbocycles. The number of anilines is 2. The number of carbonyl (C=O) groups is 2. The van der Waals surface area contributed by atoms with Crippen molar-refractivity contribution in [2.75, 3.05) is 49.6 Å². The average Bonchev–Trinajstić information content (AvgIpc) is 3.53. The fourth-order valence-electron chi connectivity index (χ4n) is 5.79. The molecule has 2 fully saturated rings. The summed E-state index contributed by atoms with van der Waals surface area (Å²) in [7, 11) is 2.01. The third-order valence-electron chi connectivity index (χ3n) is 7.83. The zero-order chi connectivity index (χ0) is 25.5. The molecule has 0 saturated carbocycles. The fourth-order valence-corrected chi connectivity index (χ4v) is 5.79. The van der Waals surface area contributed by atoms with Crippen molar-refractivity contribution in [3.8, 4) is 0 Å². The minimum Gasteiger partial charge on any atom is -0.358 e. The summed E-state index contributed by atoms with van der Waals surface area (Å²) >= 11 is 0. The van der Waals surface area contributed by atoms with Crippen LogP contribution in [-0.4, -0.2) is 77.1 Å². The Labute approximate surface area is 216 Å². The number of benzene rings is 1. The quantitative estimate of drug-likeness (QED) is 0.521. The Hall–Kier alpha value is -3.66. The van der Waals surface area contributed by atoms with Gasteiger partial charge in [-0.15, -0.1) is 0 Å². The van der Waals surface area contributed by atoms with E-state index in [4.69, 9.17) is 15.8 Å². The summed E-state index contributed by atoms with van der Waals surface area (Å²) in [5.41, 5.74) is 9.14. The standard InChI is InChI=1S/C27H34N8O2/c1-32-13-10-29-25(36)14-18-6-2-3-7-20(18)27(37)34-11-5-4-8-22(34)21-15-24-30-23(16-26(32)35(24)31-21)33-12-9-19(28)17-33/h2-3,6-7,15-16,19,22H,4-5,8-14,17,28H2,1H3,(H,29,36). The Morgan fingerprint density at radius 3 is 2.76 bits per heavy atom. The van der Waals surface area contributed by atoms with Crippen molar-refractivity contribution in [2.24, 2.45) is 5.73 Å². The lowest BCUT2D eigenvalue weighted by Gasteiger charge is -2.35. The molecule has 0 radical (unpaired) electrons.